The number of ether oxygens (including phenoxy) is 2. The zero-order chi connectivity index (χ0) is 24.1. The predicted molar refractivity (Wildman–Crippen MR) is 140 cm³/mol. The molecule has 2 unspecified atom stereocenters. The molecule has 1 aliphatic heterocycles. The van der Waals surface area contributed by atoms with Crippen LogP contribution in [0.4, 0.5) is 4.39 Å². The van der Waals surface area contributed by atoms with Crippen molar-refractivity contribution < 1.29 is 18.4 Å². The summed E-state index contributed by atoms with van der Waals surface area (Å²) >= 11 is 3.86. The monoisotopic (exact) mass is 555 g/mol. The molecule has 8 heteroatoms. The maximum atomic E-state index is 15.1. The fourth-order valence-corrected chi connectivity index (χ4v) is 6.13. The van der Waals surface area contributed by atoms with Gasteiger partial charge in [0.25, 0.3) is 0 Å². The van der Waals surface area contributed by atoms with Crippen LogP contribution >= 0.6 is 27.7 Å². The minimum Gasteiger partial charge on any atom is -0.591 e. The molecule has 1 fully saturated rings. The Morgan fingerprint density at radius 2 is 1.91 bits per heavy atom. The lowest BCUT2D eigenvalue weighted by atomic mass is 9.80. The minimum atomic E-state index is -1.43. The number of thioether (sulfide) groups is 1. The van der Waals surface area contributed by atoms with Gasteiger partial charge in [0.15, 0.2) is 0 Å². The second kappa shape index (κ2) is 11.6. The Kier molecular flexibility index (Phi) is 9.31. The number of rotatable bonds is 8. The average Bonchev–Trinajstić information content (AvgIpc) is 2.80. The molecule has 3 rings (SSSR count). The second-order valence-corrected chi connectivity index (χ2v) is 13.3. The molecule has 0 bridgehead atoms. The van der Waals surface area contributed by atoms with E-state index in [-0.39, 0.29) is 16.5 Å². The summed E-state index contributed by atoms with van der Waals surface area (Å²) in [5.41, 5.74) is 1.72. The fourth-order valence-electron chi connectivity index (χ4n) is 3.74. The first kappa shape index (κ1) is 26.5. The number of hydrogen-bond donors (Lipinski definition) is 0. The molecular formula is C25H31BrFNO3S2. The van der Waals surface area contributed by atoms with Crippen LogP contribution in [0.5, 0.6) is 5.75 Å². The van der Waals surface area contributed by atoms with Gasteiger partial charge in [-0.3, -0.25) is 0 Å². The Morgan fingerprint density at radius 3 is 2.52 bits per heavy atom. The SMILES string of the molecule is COc1ccc(CSC2(C(C=N[S+]([O-])C(C)(C)C)c3cc(Br)ccc3F)CCOCC2)cc1. The average molecular weight is 557 g/mol. The van der Waals surface area contributed by atoms with Gasteiger partial charge < -0.3 is 14.0 Å². The number of methoxy groups -OCH3 is 1. The molecule has 2 aromatic rings. The Morgan fingerprint density at radius 1 is 1.24 bits per heavy atom. The van der Waals surface area contributed by atoms with Crippen molar-refractivity contribution in [3.8, 4) is 5.75 Å². The van der Waals surface area contributed by atoms with Crippen molar-refractivity contribution in [3.05, 3.63) is 63.9 Å². The lowest BCUT2D eigenvalue weighted by Gasteiger charge is -2.42. The summed E-state index contributed by atoms with van der Waals surface area (Å²) in [7, 11) is 1.65. The van der Waals surface area contributed by atoms with Crippen molar-refractivity contribution in [1.29, 1.82) is 0 Å². The molecule has 0 amide bonds. The zero-order valence-corrected chi connectivity index (χ0v) is 22.7. The summed E-state index contributed by atoms with van der Waals surface area (Å²) in [5.74, 6) is 0.933. The molecule has 1 aliphatic rings. The van der Waals surface area contributed by atoms with Gasteiger partial charge in [0.1, 0.15) is 27.7 Å². The number of benzene rings is 2. The van der Waals surface area contributed by atoms with E-state index in [9.17, 15) is 4.55 Å². The third kappa shape index (κ3) is 6.98. The van der Waals surface area contributed by atoms with Crippen LogP contribution in [0.25, 0.3) is 0 Å². The maximum Gasteiger partial charge on any atom is 0.144 e. The Labute approximate surface area is 212 Å². The first-order valence-electron chi connectivity index (χ1n) is 10.9. The molecule has 4 nitrogen and oxygen atoms in total. The predicted octanol–water partition coefficient (Wildman–Crippen LogP) is 6.70. The maximum absolute atomic E-state index is 15.1. The van der Waals surface area contributed by atoms with Gasteiger partial charge in [-0.2, -0.15) is 0 Å². The van der Waals surface area contributed by atoms with E-state index in [1.807, 2.05) is 39.0 Å². The van der Waals surface area contributed by atoms with E-state index < -0.39 is 16.1 Å². The van der Waals surface area contributed by atoms with Gasteiger partial charge in [0, 0.05) is 34.1 Å². The molecule has 33 heavy (non-hydrogen) atoms. The van der Waals surface area contributed by atoms with E-state index in [0.29, 0.717) is 18.8 Å². The third-order valence-electron chi connectivity index (χ3n) is 5.71. The molecule has 0 saturated carbocycles. The molecule has 2 atom stereocenters. The van der Waals surface area contributed by atoms with E-state index in [0.717, 1.165) is 34.4 Å². The van der Waals surface area contributed by atoms with Gasteiger partial charge >= 0.3 is 0 Å². The lowest BCUT2D eigenvalue weighted by molar-refractivity contribution is 0.0753. The minimum absolute atomic E-state index is 0.285. The standard InChI is InChI=1S/C25H31BrFNO3S2/c1-24(2,3)33(29)28-16-22(21-15-19(26)7-10-23(21)27)25(11-13-31-14-12-25)32-17-18-5-8-20(30-4)9-6-18/h5-10,15-16,22H,11-14,17H2,1-4H3. The van der Waals surface area contributed by atoms with Crippen molar-refractivity contribution in [2.75, 3.05) is 20.3 Å². The highest BCUT2D eigenvalue weighted by Gasteiger charge is 2.43. The Hall–Kier alpha value is -1.06. The van der Waals surface area contributed by atoms with Gasteiger partial charge in [-0.1, -0.05) is 32.5 Å². The summed E-state index contributed by atoms with van der Waals surface area (Å²) in [6.07, 6.45) is 3.22. The highest BCUT2D eigenvalue weighted by Crippen LogP contribution is 2.48. The summed E-state index contributed by atoms with van der Waals surface area (Å²) < 4.78 is 43.2. The zero-order valence-electron chi connectivity index (χ0n) is 19.5. The molecule has 0 radical (unpaired) electrons. The van der Waals surface area contributed by atoms with Crippen LogP contribution in [0.3, 0.4) is 0 Å². The highest BCUT2D eigenvalue weighted by molar-refractivity contribution is 9.10. The van der Waals surface area contributed by atoms with Crippen molar-refractivity contribution in [3.63, 3.8) is 0 Å². The van der Waals surface area contributed by atoms with Crippen LogP contribution in [-0.4, -0.2) is 40.6 Å². The first-order valence-corrected chi connectivity index (χ1v) is 13.8. The summed E-state index contributed by atoms with van der Waals surface area (Å²) in [6.45, 7) is 6.85. The molecule has 0 N–H and O–H groups in total. The van der Waals surface area contributed by atoms with Gasteiger partial charge in [-0.15, -0.1) is 11.8 Å². The third-order valence-corrected chi connectivity index (χ3v) is 9.28. The van der Waals surface area contributed by atoms with Crippen molar-refractivity contribution in [1.82, 2.24) is 0 Å². The second-order valence-electron chi connectivity index (χ2n) is 9.07. The van der Waals surface area contributed by atoms with Crippen molar-refractivity contribution in [2.45, 2.75) is 54.8 Å². The number of hydrogen-bond acceptors (Lipinski definition) is 5. The van der Waals surface area contributed by atoms with E-state index >= 15 is 4.39 Å². The van der Waals surface area contributed by atoms with Gasteiger partial charge in [-0.05, 0) is 75.1 Å². The first-order chi connectivity index (χ1) is 15.6. The number of nitrogens with zero attached hydrogens (tertiary/aromatic N) is 1. The smallest absolute Gasteiger partial charge is 0.144 e. The molecular weight excluding hydrogens is 525 g/mol. The lowest BCUT2D eigenvalue weighted by Crippen LogP contribution is -2.41. The molecule has 0 aromatic heterocycles. The van der Waals surface area contributed by atoms with Crippen molar-refractivity contribution >= 4 is 45.3 Å². The molecule has 0 aliphatic carbocycles. The van der Waals surface area contributed by atoms with Crippen LogP contribution in [-0.2, 0) is 21.9 Å². The largest absolute Gasteiger partial charge is 0.591 e. The summed E-state index contributed by atoms with van der Waals surface area (Å²) in [5, 5.41) is 0. The van der Waals surface area contributed by atoms with E-state index in [1.165, 1.54) is 6.07 Å². The van der Waals surface area contributed by atoms with Gasteiger partial charge in [0.2, 0.25) is 0 Å². The fraction of sp³-hybridized carbons (Fsp3) is 0.480. The van der Waals surface area contributed by atoms with Crippen LogP contribution < -0.4 is 4.74 Å². The van der Waals surface area contributed by atoms with Crippen molar-refractivity contribution in [2.24, 2.45) is 4.40 Å². The highest BCUT2D eigenvalue weighted by atomic mass is 79.9. The van der Waals surface area contributed by atoms with E-state index in [2.05, 4.69) is 32.5 Å². The number of halogens is 2. The molecule has 1 saturated heterocycles. The van der Waals surface area contributed by atoms with E-state index in [4.69, 9.17) is 9.47 Å². The molecule has 0 spiro atoms. The van der Waals surface area contributed by atoms with Crippen LogP contribution in [0.1, 0.15) is 50.7 Å². The topological polar surface area (TPSA) is 53.9 Å². The molecule has 180 valence electrons. The summed E-state index contributed by atoms with van der Waals surface area (Å²) in [4.78, 5) is 0. The quantitative estimate of drug-likeness (QED) is 0.268. The summed E-state index contributed by atoms with van der Waals surface area (Å²) in [6, 6.07) is 13.0. The van der Waals surface area contributed by atoms with Crippen LogP contribution in [0, 0.1) is 5.82 Å². The Balaban J connectivity index is 1.99. The van der Waals surface area contributed by atoms with E-state index in [1.54, 1.807) is 31.2 Å². The van der Waals surface area contributed by atoms with Gasteiger partial charge in [-0.25, -0.2) is 4.39 Å². The van der Waals surface area contributed by atoms with Crippen LogP contribution in [0.15, 0.2) is 51.3 Å². The normalized spacial score (nSPS) is 18.3. The van der Waals surface area contributed by atoms with Crippen LogP contribution in [0.2, 0.25) is 0 Å². The van der Waals surface area contributed by atoms with Gasteiger partial charge in [0.05, 0.1) is 13.3 Å². The Bertz CT molecular complexity index is 944. The molecule has 1 heterocycles. The molecule has 2 aromatic carbocycles.